The van der Waals surface area contributed by atoms with Gasteiger partial charge >= 0.3 is 5.97 Å². The van der Waals surface area contributed by atoms with Crippen molar-refractivity contribution in [1.29, 1.82) is 0 Å². The monoisotopic (exact) mass is 381 g/mol. The summed E-state index contributed by atoms with van der Waals surface area (Å²) in [5.74, 6) is -0.900. The van der Waals surface area contributed by atoms with Crippen LogP contribution in [0.15, 0.2) is 12.7 Å². The van der Waals surface area contributed by atoms with Crippen molar-refractivity contribution >= 4 is 23.0 Å². The van der Waals surface area contributed by atoms with Crippen molar-refractivity contribution < 1.29 is 24.9 Å². The smallest absolute Gasteiger partial charge is 0.320 e. The van der Waals surface area contributed by atoms with Gasteiger partial charge in [0.1, 0.15) is 30.1 Å². The van der Waals surface area contributed by atoms with Gasteiger partial charge in [-0.15, -0.1) is 0 Å². The fourth-order valence-corrected chi connectivity index (χ4v) is 3.14. The van der Waals surface area contributed by atoms with Crippen molar-refractivity contribution in [2.75, 3.05) is 5.73 Å². The number of hydrogen-bond acceptors (Lipinski definition) is 10. The molecule has 0 bridgehead atoms. The lowest BCUT2D eigenvalue weighted by Gasteiger charge is -2.20. The first-order valence-corrected chi connectivity index (χ1v) is 8.48. The van der Waals surface area contributed by atoms with E-state index in [1.54, 1.807) is 0 Å². The third-order valence-corrected chi connectivity index (χ3v) is 4.70. The topological polar surface area (TPSA) is 209 Å². The minimum absolute atomic E-state index is 0.195. The number of nitrogens with two attached hydrogens (primary N) is 3. The van der Waals surface area contributed by atoms with Crippen molar-refractivity contribution in [3.63, 3.8) is 0 Å². The van der Waals surface area contributed by atoms with Crippen LogP contribution in [0.2, 0.25) is 0 Å². The van der Waals surface area contributed by atoms with Crippen LogP contribution >= 0.6 is 0 Å². The van der Waals surface area contributed by atoms with Crippen molar-refractivity contribution in [3.8, 4) is 0 Å². The van der Waals surface area contributed by atoms with Crippen molar-refractivity contribution in [1.82, 2.24) is 19.5 Å². The molecule has 0 aliphatic carbocycles. The normalized spacial score (nSPS) is 27.7. The number of carbonyl (C=O) groups is 1. The quantitative estimate of drug-likeness (QED) is 0.307. The molecule has 6 atom stereocenters. The van der Waals surface area contributed by atoms with Gasteiger partial charge in [0.05, 0.1) is 12.4 Å². The molecule has 1 saturated heterocycles. The molecule has 0 aromatic carbocycles. The Balaban J connectivity index is 1.68. The predicted octanol–water partition coefficient (Wildman–Crippen LogP) is -2.06. The second kappa shape index (κ2) is 7.70. The summed E-state index contributed by atoms with van der Waals surface area (Å²) in [5, 5.41) is 29.5. The predicted molar refractivity (Wildman–Crippen MR) is 93.1 cm³/mol. The Morgan fingerprint density at radius 2 is 1.96 bits per heavy atom. The number of anilines is 1. The summed E-state index contributed by atoms with van der Waals surface area (Å²) >= 11 is 0. The Hall–Kier alpha value is -2.38. The molecule has 3 heterocycles. The highest BCUT2D eigenvalue weighted by Gasteiger charge is 2.44. The Bertz CT molecular complexity index is 815. The number of aliphatic hydroxyl groups excluding tert-OH is 2. The number of fused-ring (bicyclic) bond motifs is 1. The van der Waals surface area contributed by atoms with Crippen molar-refractivity contribution in [2.24, 2.45) is 11.5 Å². The molecule has 0 saturated carbocycles. The zero-order valence-corrected chi connectivity index (χ0v) is 14.4. The molecule has 27 heavy (non-hydrogen) atoms. The number of carboxylic acids is 1. The van der Waals surface area contributed by atoms with E-state index in [-0.39, 0.29) is 18.7 Å². The Morgan fingerprint density at radius 3 is 2.67 bits per heavy atom. The molecule has 9 N–H and O–H groups in total. The fraction of sp³-hybridized carbons (Fsp3) is 0.600. The molecule has 3 rings (SSSR count). The zero-order chi connectivity index (χ0) is 19.7. The van der Waals surface area contributed by atoms with Crippen molar-refractivity contribution in [2.45, 2.75) is 55.9 Å². The summed E-state index contributed by atoms with van der Waals surface area (Å²) < 4.78 is 7.28. The van der Waals surface area contributed by atoms with Crippen LogP contribution in [-0.4, -0.2) is 71.2 Å². The van der Waals surface area contributed by atoms with Crippen LogP contribution in [0.4, 0.5) is 5.82 Å². The highest BCUT2D eigenvalue weighted by molar-refractivity contribution is 5.81. The molecule has 1 fully saturated rings. The number of hydrogen-bond donors (Lipinski definition) is 6. The Morgan fingerprint density at radius 1 is 1.22 bits per heavy atom. The third kappa shape index (κ3) is 3.84. The maximum Gasteiger partial charge on any atom is 0.320 e. The Kier molecular flexibility index (Phi) is 5.53. The average molecular weight is 381 g/mol. The third-order valence-electron chi connectivity index (χ3n) is 4.70. The second-order valence-corrected chi connectivity index (χ2v) is 6.65. The average Bonchev–Trinajstić information content (AvgIpc) is 3.17. The molecule has 0 radical (unpaired) electrons. The summed E-state index contributed by atoms with van der Waals surface area (Å²) in [6.45, 7) is 0. The zero-order valence-electron chi connectivity index (χ0n) is 14.4. The standard InChI is InChI=1S/C15H23N7O5/c16-6(1-2-7(17)15(25)26)3-8-10(23)11(24)14(27-8)22-5-21-9-12(18)19-4-20-13(9)22/h4-8,10-11,14,23-24H,1-3,16-17H2,(H,25,26)(H2,18,19,20)/t6-,7+,8+,10-,11-,14+/m1/s1. The lowest BCUT2D eigenvalue weighted by molar-refractivity contribution is -0.138. The molecule has 0 amide bonds. The number of nitrogens with zero attached hydrogens (tertiary/aromatic N) is 4. The highest BCUT2D eigenvalue weighted by Crippen LogP contribution is 2.33. The molecule has 12 heteroatoms. The van der Waals surface area contributed by atoms with Gasteiger partial charge in [0.25, 0.3) is 0 Å². The summed E-state index contributed by atoms with van der Waals surface area (Å²) in [7, 11) is 0. The first-order chi connectivity index (χ1) is 12.8. The number of aromatic nitrogens is 4. The van der Waals surface area contributed by atoms with E-state index >= 15 is 0 Å². The molecule has 12 nitrogen and oxygen atoms in total. The SMILES string of the molecule is Nc1ncnc2c1ncn2[C@H]1O[C@@H](C[C@H](N)CC[C@H](N)C(=O)O)[C@@H](O)[C@H]1O. The summed E-state index contributed by atoms with van der Waals surface area (Å²) in [4.78, 5) is 22.8. The maximum absolute atomic E-state index is 10.8. The van der Waals surface area contributed by atoms with E-state index in [9.17, 15) is 15.0 Å². The highest BCUT2D eigenvalue weighted by atomic mass is 16.6. The van der Waals surface area contributed by atoms with Crippen LogP contribution in [0.1, 0.15) is 25.5 Å². The summed E-state index contributed by atoms with van der Waals surface area (Å²) in [6.07, 6.45) is -0.604. The van der Waals surface area contributed by atoms with E-state index in [1.165, 1.54) is 17.2 Å². The van der Waals surface area contributed by atoms with Gasteiger partial charge in [-0.3, -0.25) is 9.36 Å². The number of aliphatic carboxylic acids is 1. The van der Waals surface area contributed by atoms with E-state index < -0.39 is 42.6 Å². The van der Waals surface area contributed by atoms with Gasteiger partial charge in [0.2, 0.25) is 0 Å². The van der Waals surface area contributed by atoms with Gasteiger partial charge in [-0.2, -0.15) is 0 Å². The van der Waals surface area contributed by atoms with E-state index in [4.69, 9.17) is 27.0 Å². The van der Waals surface area contributed by atoms with Crippen LogP contribution in [-0.2, 0) is 9.53 Å². The van der Waals surface area contributed by atoms with E-state index in [0.717, 1.165) is 0 Å². The molecule has 0 spiro atoms. The van der Waals surface area contributed by atoms with E-state index in [1.807, 2.05) is 0 Å². The van der Waals surface area contributed by atoms with Gasteiger partial charge in [-0.05, 0) is 19.3 Å². The fourth-order valence-electron chi connectivity index (χ4n) is 3.14. The molecule has 148 valence electrons. The molecule has 2 aromatic rings. The Labute approximate surface area is 154 Å². The minimum atomic E-state index is -1.22. The number of carboxylic acid groups (broad SMARTS) is 1. The molecular formula is C15H23N7O5. The molecular weight excluding hydrogens is 358 g/mol. The van der Waals surface area contributed by atoms with Gasteiger partial charge in [0, 0.05) is 6.04 Å². The van der Waals surface area contributed by atoms with Crippen molar-refractivity contribution in [3.05, 3.63) is 12.7 Å². The summed E-state index contributed by atoms with van der Waals surface area (Å²) in [6, 6.07) is -1.44. The number of nitrogen functional groups attached to an aromatic ring is 1. The number of aliphatic hydroxyl groups is 2. The van der Waals surface area contributed by atoms with Crippen LogP contribution in [0.25, 0.3) is 11.2 Å². The lowest BCUT2D eigenvalue weighted by atomic mass is 9.98. The molecule has 1 aliphatic heterocycles. The van der Waals surface area contributed by atoms with Crippen LogP contribution in [0.5, 0.6) is 0 Å². The number of ether oxygens (including phenoxy) is 1. The van der Waals surface area contributed by atoms with Crippen LogP contribution in [0.3, 0.4) is 0 Å². The molecule has 2 aromatic heterocycles. The van der Waals surface area contributed by atoms with Gasteiger partial charge in [-0.1, -0.05) is 0 Å². The van der Waals surface area contributed by atoms with Gasteiger partial charge in [0.15, 0.2) is 17.7 Å². The molecule has 0 unspecified atom stereocenters. The number of rotatable bonds is 7. The minimum Gasteiger partial charge on any atom is -0.480 e. The maximum atomic E-state index is 10.8. The number of imidazole rings is 1. The van der Waals surface area contributed by atoms with E-state index in [2.05, 4.69) is 15.0 Å². The second-order valence-electron chi connectivity index (χ2n) is 6.65. The van der Waals surface area contributed by atoms with Gasteiger partial charge < -0.3 is 37.3 Å². The van der Waals surface area contributed by atoms with Crippen LogP contribution < -0.4 is 17.2 Å². The molecule has 1 aliphatic rings. The largest absolute Gasteiger partial charge is 0.480 e. The van der Waals surface area contributed by atoms with E-state index in [0.29, 0.717) is 17.6 Å². The van der Waals surface area contributed by atoms with Crippen LogP contribution in [0, 0.1) is 0 Å². The first kappa shape index (κ1) is 19.4. The first-order valence-electron chi connectivity index (χ1n) is 8.48. The summed E-state index contributed by atoms with van der Waals surface area (Å²) in [5.41, 5.74) is 18.0. The van der Waals surface area contributed by atoms with Gasteiger partial charge in [-0.25, -0.2) is 15.0 Å². The lowest BCUT2D eigenvalue weighted by Crippen LogP contribution is -2.37.